The SMILES string of the molecule is C[C@]1(C(N)=O)COc2c1cc([C@@H](CNC(=O)c1cc(CC3CC3)c3ncc(Cl)cc3c1)c1ccccc1)nc2-c1ccc(F)c(Cl)c1Cl. The first-order valence-corrected chi connectivity index (χ1v) is 16.7. The number of hydrogen-bond acceptors (Lipinski definition) is 5. The van der Waals surface area contributed by atoms with Crippen molar-refractivity contribution in [3.63, 3.8) is 0 Å². The van der Waals surface area contributed by atoms with Crippen molar-refractivity contribution in [2.45, 2.75) is 37.5 Å². The number of carbonyl (C=O) groups is 2. The van der Waals surface area contributed by atoms with Gasteiger partial charge < -0.3 is 15.8 Å². The van der Waals surface area contributed by atoms with Gasteiger partial charge in [-0.05, 0) is 79.6 Å². The fourth-order valence-electron chi connectivity index (χ4n) is 6.27. The molecule has 3 heterocycles. The highest BCUT2D eigenvalue weighted by molar-refractivity contribution is 6.43. The van der Waals surface area contributed by atoms with E-state index in [1.165, 1.54) is 12.1 Å². The fraction of sp³-hybridized carbons (Fsp3) is 0.243. The van der Waals surface area contributed by atoms with Crippen LogP contribution < -0.4 is 15.8 Å². The first-order chi connectivity index (χ1) is 23.0. The number of amides is 2. The molecule has 2 amide bonds. The van der Waals surface area contributed by atoms with Crippen molar-refractivity contribution in [1.29, 1.82) is 0 Å². The van der Waals surface area contributed by atoms with Crippen molar-refractivity contribution in [1.82, 2.24) is 15.3 Å². The van der Waals surface area contributed by atoms with E-state index < -0.39 is 23.1 Å². The van der Waals surface area contributed by atoms with Crippen molar-refractivity contribution >= 4 is 57.5 Å². The number of nitrogens with zero attached hydrogens (tertiary/aromatic N) is 2. The second-order valence-electron chi connectivity index (χ2n) is 12.7. The summed E-state index contributed by atoms with van der Waals surface area (Å²) in [6.07, 6.45) is 4.80. The minimum atomic E-state index is -1.18. The molecular formula is C37H30Cl3FN4O3. The summed E-state index contributed by atoms with van der Waals surface area (Å²) in [7, 11) is 0. The maximum Gasteiger partial charge on any atom is 0.251 e. The van der Waals surface area contributed by atoms with Gasteiger partial charge in [0.05, 0.1) is 26.3 Å². The fourth-order valence-corrected chi connectivity index (χ4v) is 6.84. The summed E-state index contributed by atoms with van der Waals surface area (Å²) in [6.45, 7) is 1.84. The van der Waals surface area contributed by atoms with Gasteiger partial charge in [0.25, 0.3) is 5.91 Å². The van der Waals surface area contributed by atoms with Crippen LogP contribution in [0.25, 0.3) is 22.2 Å². The number of fused-ring (bicyclic) bond motifs is 2. The molecule has 2 aliphatic rings. The van der Waals surface area contributed by atoms with E-state index in [0.29, 0.717) is 39.1 Å². The molecule has 3 aromatic carbocycles. The molecule has 1 aliphatic heterocycles. The van der Waals surface area contributed by atoms with Crippen LogP contribution in [0.4, 0.5) is 4.39 Å². The van der Waals surface area contributed by atoms with Gasteiger partial charge in [-0.25, -0.2) is 9.37 Å². The lowest BCUT2D eigenvalue weighted by atomic mass is 9.81. The first-order valence-electron chi connectivity index (χ1n) is 15.6. The van der Waals surface area contributed by atoms with Crippen LogP contribution in [-0.4, -0.2) is 34.9 Å². The number of ether oxygens (including phenoxy) is 1. The van der Waals surface area contributed by atoms with E-state index in [1.54, 1.807) is 25.3 Å². The van der Waals surface area contributed by atoms with Gasteiger partial charge in [-0.1, -0.05) is 65.1 Å². The number of pyridine rings is 2. The van der Waals surface area contributed by atoms with Gasteiger partial charge in [-0.3, -0.25) is 14.6 Å². The summed E-state index contributed by atoms with van der Waals surface area (Å²) in [5, 5.41) is 4.11. The molecule has 0 bridgehead atoms. The third kappa shape index (κ3) is 5.97. The highest BCUT2D eigenvalue weighted by atomic mass is 35.5. The Hall–Kier alpha value is -4.24. The predicted octanol–water partition coefficient (Wildman–Crippen LogP) is 8.05. The summed E-state index contributed by atoms with van der Waals surface area (Å²) in [6, 6.07) is 19.6. The van der Waals surface area contributed by atoms with E-state index in [4.69, 9.17) is 50.3 Å². The molecule has 11 heteroatoms. The molecule has 48 heavy (non-hydrogen) atoms. The maximum absolute atomic E-state index is 14.3. The van der Waals surface area contributed by atoms with Crippen LogP contribution in [0.3, 0.4) is 0 Å². The van der Waals surface area contributed by atoms with Crippen LogP contribution in [0.15, 0.2) is 72.9 Å². The van der Waals surface area contributed by atoms with Gasteiger partial charge in [0.2, 0.25) is 5.91 Å². The van der Waals surface area contributed by atoms with Crippen molar-refractivity contribution in [2.24, 2.45) is 11.7 Å². The number of carbonyl (C=O) groups excluding carboxylic acids is 2. The van der Waals surface area contributed by atoms with Crippen LogP contribution in [0.1, 0.15) is 58.4 Å². The molecule has 1 saturated carbocycles. The molecule has 2 atom stereocenters. The van der Waals surface area contributed by atoms with Crippen LogP contribution in [-0.2, 0) is 16.6 Å². The molecule has 1 aliphatic carbocycles. The highest BCUT2D eigenvalue weighted by Gasteiger charge is 2.44. The molecule has 0 unspecified atom stereocenters. The lowest BCUT2D eigenvalue weighted by Crippen LogP contribution is -2.40. The average molecular weight is 704 g/mol. The molecule has 5 aromatic rings. The Morgan fingerprint density at radius 3 is 2.56 bits per heavy atom. The molecule has 0 saturated heterocycles. The minimum absolute atomic E-state index is 0.0148. The summed E-state index contributed by atoms with van der Waals surface area (Å²) in [5.74, 6) is -1.11. The monoisotopic (exact) mass is 702 g/mol. The zero-order valence-corrected chi connectivity index (χ0v) is 28.1. The van der Waals surface area contributed by atoms with Gasteiger partial charge in [-0.2, -0.15) is 0 Å². The summed E-state index contributed by atoms with van der Waals surface area (Å²) < 4.78 is 20.4. The lowest BCUT2D eigenvalue weighted by molar-refractivity contribution is -0.123. The Kier molecular flexibility index (Phi) is 8.52. The van der Waals surface area contributed by atoms with Crippen molar-refractivity contribution in [2.75, 3.05) is 13.2 Å². The first kappa shape index (κ1) is 32.3. The zero-order chi connectivity index (χ0) is 33.7. The summed E-state index contributed by atoms with van der Waals surface area (Å²) in [5.41, 5.74) is 9.60. The Morgan fingerprint density at radius 2 is 1.83 bits per heavy atom. The molecule has 2 aromatic heterocycles. The largest absolute Gasteiger partial charge is 0.489 e. The molecule has 7 rings (SSSR count). The second kappa shape index (κ2) is 12.7. The second-order valence-corrected chi connectivity index (χ2v) is 13.9. The van der Waals surface area contributed by atoms with Gasteiger partial charge in [0.1, 0.15) is 29.3 Å². The van der Waals surface area contributed by atoms with Crippen molar-refractivity contribution in [3.05, 3.63) is 122 Å². The summed E-state index contributed by atoms with van der Waals surface area (Å²) >= 11 is 19.0. The van der Waals surface area contributed by atoms with Crippen LogP contribution >= 0.6 is 34.8 Å². The van der Waals surface area contributed by atoms with Gasteiger partial charge >= 0.3 is 0 Å². The van der Waals surface area contributed by atoms with Crippen molar-refractivity contribution < 1.29 is 18.7 Å². The number of halogens is 4. The third-order valence-electron chi connectivity index (χ3n) is 9.25. The average Bonchev–Trinajstić information content (AvgIpc) is 3.83. The van der Waals surface area contributed by atoms with Crippen LogP contribution in [0.2, 0.25) is 15.1 Å². The van der Waals surface area contributed by atoms with E-state index >= 15 is 0 Å². The molecular weight excluding hydrogens is 674 g/mol. The Balaban J connectivity index is 1.31. The van der Waals surface area contributed by atoms with Crippen LogP contribution in [0, 0.1) is 11.7 Å². The molecule has 7 nitrogen and oxygen atoms in total. The van der Waals surface area contributed by atoms with E-state index in [2.05, 4.69) is 10.3 Å². The molecule has 1 fully saturated rings. The number of primary amides is 1. The smallest absolute Gasteiger partial charge is 0.251 e. The molecule has 3 N–H and O–H groups in total. The number of hydrogen-bond donors (Lipinski definition) is 2. The molecule has 0 spiro atoms. The Labute approximate surface area is 291 Å². The number of nitrogens with two attached hydrogens (primary N) is 1. The van der Waals surface area contributed by atoms with E-state index in [9.17, 15) is 14.0 Å². The predicted molar refractivity (Wildman–Crippen MR) is 185 cm³/mol. The van der Waals surface area contributed by atoms with Gasteiger partial charge in [0, 0.05) is 40.7 Å². The van der Waals surface area contributed by atoms with Crippen molar-refractivity contribution in [3.8, 4) is 17.0 Å². The van der Waals surface area contributed by atoms with Gasteiger partial charge in [-0.15, -0.1) is 0 Å². The quantitative estimate of drug-likeness (QED) is 0.151. The lowest BCUT2D eigenvalue weighted by Gasteiger charge is -2.23. The minimum Gasteiger partial charge on any atom is -0.489 e. The zero-order valence-electron chi connectivity index (χ0n) is 25.8. The molecule has 0 radical (unpaired) electrons. The van der Waals surface area contributed by atoms with Gasteiger partial charge in [0.15, 0.2) is 0 Å². The topological polar surface area (TPSA) is 107 Å². The van der Waals surface area contributed by atoms with E-state index in [-0.39, 0.29) is 34.8 Å². The van der Waals surface area contributed by atoms with Crippen LogP contribution in [0.5, 0.6) is 5.75 Å². The third-order valence-corrected chi connectivity index (χ3v) is 10.3. The highest BCUT2D eigenvalue weighted by Crippen LogP contribution is 2.48. The maximum atomic E-state index is 14.3. The number of rotatable bonds is 9. The number of aromatic nitrogens is 2. The standard InChI is InChI=1S/C37H30Cl3FN4O3/c1-37(36(42)47)18-48-34-27(37)15-29(45-33(34)25-9-10-28(41)31(40)30(25)39)26(20-5-3-2-4-6-20)17-44-35(46)23-12-21(11-19-7-8-19)32-22(13-23)14-24(38)16-43-32/h2-6,9-10,12-16,19,26H,7-8,11,17-18H2,1H3,(H2,42,47)(H,44,46)/t26-,37-/m0/s1. The normalized spacial score (nSPS) is 17.5. The van der Waals surface area contributed by atoms with E-state index in [1.807, 2.05) is 42.5 Å². The Morgan fingerprint density at radius 1 is 1.06 bits per heavy atom. The number of benzene rings is 3. The number of nitrogens with one attached hydrogen (secondary N) is 1. The summed E-state index contributed by atoms with van der Waals surface area (Å²) in [4.78, 5) is 36.2. The molecule has 244 valence electrons. The Bertz CT molecular complexity index is 2110. The van der Waals surface area contributed by atoms with E-state index in [0.717, 1.165) is 41.3 Å².